The Balaban J connectivity index is 2.55. The molecule has 5 nitrogen and oxygen atoms in total. The molecule has 0 aliphatic rings. The van der Waals surface area contributed by atoms with Crippen LogP contribution in [0.3, 0.4) is 0 Å². The molecule has 3 N–H and O–H groups in total. The Kier molecular flexibility index (Phi) is 5.17. The smallest absolute Gasteiger partial charge is 0.318 e. The number of rotatable bonds is 4. The predicted octanol–water partition coefficient (Wildman–Crippen LogP) is 2.42. The van der Waals surface area contributed by atoms with Crippen molar-refractivity contribution >= 4 is 23.3 Å². The molecule has 0 atom stereocenters. The maximum Gasteiger partial charge on any atom is 0.318 e. The molecule has 0 spiro atoms. The molecule has 1 aromatic rings. The molecule has 0 bridgehead atoms. The third kappa shape index (κ3) is 4.86. The highest BCUT2D eigenvalue weighted by molar-refractivity contribution is 5.92. The van der Waals surface area contributed by atoms with Gasteiger partial charge in [-0.25, -0.2) is 4.79 Å². The molecular weight excluding hydrogens is 230 g/mol. The molecule has 1 aromatic carbocycles. The van der Waals surface area contributed by atoms with Crippen LogP contribution in [-0.2, 0) is 4.79 Å². The monoisotopic (exact) mass is 249 g/mol. The second-order valence-electron chi connectivity index (χ2n) is 4.43. The lowest BCUT2D eigenvalue weighted by Crippen LogP contribution is -2.24. The van der Waals surface area contributed by atoms with Crippen LogP contribution in [0.1, 0.15) is 20.3 Å². The first-order valence-electron chi connectivity index (χ1n) is 5.90. The maximum absolute atomic E-state index is 11.5. The van der Waals surface area contributed by atoms with Gasteiger partial charge in [0.1, 0.15) is 0 Å². The molecule has 0 aromatic heterocycles. The minimum atomic E-state index is -0.272. The minimum Gasteiger partial charge on any atom is -0.341 e. The molecule has 18 heavy (non-hydrogen) atoms. The van der Waals surface area contributed by atoms with Gasteiger partial charge in [-0.2, -0.15) is 0 Å². The molecular formula is C13H19N3O2. The van der Waals surface area contributed by atoms with E-state index in [1.54, 1.807) is 31.3 Å². The Morgan fingerprint density at radius 1 is 1.06 bits per heavy atom. The average molecular weight is 249 g/mol. The van der Waals surface area contributed by atoms with Crippen molar-refractivity contribution in [3.63, 3.8) is 0 Å². The molecule has 3 amide bonds. The molecule has 0 fully saturated rings. The number of hydrogen-bond donors (Lipinski definition) is 3. The first kappa shape index (κ1) is 14.0. The van der Waals surface area contributed by atoms with Gasteiger partial charge in [0.2, 0.25) is 5.91 Å². The van der Waals surface area contributed by atoms with E-state index in [0.29, 0.717) is 18.0 Å². The Morgan fingerprint density at radius 2 is 1.56 bits per heavy atom. The van der Waals surface area contributed by atoms with Crippen LogP contribution in [0.2, 0.25) is 0 Å². The second kappa shape index (κ2) is 6.64. The van der Waals surface area contributed by atoms with Crippen molar-refractivity contribution in [3.8, 4) is 0 Å². The van der Waals surface area contributed by atoms with Crippen LogP contribution < -0.4 is 16.0 Å². The summed E-state index contributed by atoms with van der Waals surface area (Å²) in [5, 5.41) is 7.90. The molecule has 1 rings (SSSR count). The van der Waals surface area contributed by atoms with E-state index in [0.717, 1.165) is 5.69 Å². The molecule has 98 valence electrons. The van der Waals surface area contributed by atoms with Crippen LogP contribution in [0.5, 0.6) is 0 Å². The molecule has 0 aliphatic heterocycles. The van der Waals surface area contributed by atoms with E-state index in [2.05, 4.69) is 16.0 Å². The number of benzene rings is 1. The number of carbonyl (C=O) groups excluding carboxylic acids is 2. The highest BCUT2D eigenvalue weighted by atomic mass is 16.2. The molecule has 0 radical (unpaired) electrons. The highest BCUT2D eigenvalue weighted by Gasteiger charge is 2.05. The van der Waals surface area contributed by atoms with Crippen molar-refractivity contribution in [2.24, 2.45) is 5.92 Å². The van der Waals surface area contributed by atoms with Crippen molar-refractivity contribution in [1.29, 1.82) is 0 Å². The zero-order chi connectivity index (χ0) is 13.5. The number of amides is 3. The Hall–Kier alpha value is -2.04. The number of nitrogens with one attached hydrogen (secondary N) is 3. The Labute approximate surface area is 107 Å². The van der Waals surface area contributed by atoms with E-state index >= 15 is 0 Å². The number of anilines is 2. The van der Waals surface area contributed by atoms with Crippen LogP contribution in [-0.4, -0.2) is 19.0 Å². The SMILES string of the molecule is CNC(=O)Nc1ccc(NC(=O)CC(C)C)cc1. The fraction of sp³-hybridized carbons (Fsp3) is 0.385. The van der Waals surface area contributed by atoms with Crippen molar-refractivity contribution in [1.82, 2.24) is 5.32 Å². The quantitative estimate of drug-likeness (QED) is 0.767. The van der Waals surface area contributed by atoms with Crippen molar-refractivity contribution in [2.75, 3.05) is 17.7 Å². The van der Waals surface area contributed by atoms with E-state index in [4.69, 9.17) is 0 Å². The summed E-state index contributed by atoms with van der Waals surface area (Å²) >= 11 is 0. The fourth-order valence-electron chi connectivity index (χ4n) is 1.41. The van der Waals surface area contributed by atoms with Gasteiger partial charge in [0.05, 0.1) is 0 Å². The minimum absolute atomic E-state index is 0.00277. The summed E-state index contributed by atoms with van der Waals surface area (Å²) in [5.41, 5.74) is 1.40. The lowest BCUT2D eigenvalue weighted by molar-refractivity contribution is -0.116. The average Bonchev–Trinajstić information content (AvgIpc) is 2.30. The van der Waals surface area contributed by atoms with Gasteiger partial charge in [-0.05, 0) is 30.2 Å². The summed E-state index contributed by atoms with van der Waals surface area (Å²) in [6.45, 7) is 3.99. The maximum atomic E-state index is 11.5. The van der Waals surface area contributed by atoms with E-state index < -0.39 is 0 Å². The molecule has 0 saturated carbocycles. The van der Waals surface area contributed by atoms with Crippen molar-refractivity contribution in [2.45, 2.75) is 20.3 Å². The highest BCUT2D eigenvalue weighted by Crippen LogP contribution is 2.14. The van der Waals surface area contributed by atoms with Crippen LogP contribution in [0.15, 0.2) is 24.3 Å². The lowest BCUT2D eigenvalue weighted by Gasteiger charge is -2.08. The van der Waals surface area contributed by atoms with E-state index in [-0.39, 0.29) is 11.9 Å². The van der Waals surface area contributed by atoms with Crippen LogP contribution in [0.4, 0.5) is 16.2 Å². The zero-order valence-corrected chi connectivity index (χ0v) is 10.9. The molecule has 0 heterocycles. The predicted molar refractivity (Wildman–Crippen MR) is 72.6 cm³/mol. The van der Waals surface area contributed by atoms with Crippen LogP contribution in [0.25, 0.3) is 0 Å². The van der Waals surface area contributed by atoms with Gasteiger partial charge in [-0.3, -0.25) is 4.79 Å². The summed E-state index contributed by atoms with van der Waals surface area (Å²) in [4.78, 5) is 22.6. The summed E-state index contributed by atoms with van der Waals surface area (Å²) in [7, 11) is 1.55. The summed E-state index contributed by atoms with van der Waals surface area (Å²) in [5.74, 6) is 0.330. The lowest BCUT2D eigenvalue weighted by atomic mass is 10.1. The van der Waals surface area contributed by atoms with Gasteiger partial charge in [-0.15, -0.1) is 0 Å². The summed E-state index contributed by atoms with van der Waals surface area (Å²) in [6.07, 6.45) is 0.498. The largest absolute Gasteiger partial charge is 0.341 e. The molecule has 0 unspecified atom stereocenters. The van der Waals surface area contributed by atoms with Gasteiger partial charge in [0.25, 0.3) is 0 Å². The fourth-order valence-corrected chi connectivity index (χ4v) is 1.41. The van der Waals surface area contributed by atoms with Gasteiger partial charge >= 0.3 is 6.03 Å². The number of urea groups is 1. The number of hydrogen-bond acceptors (Lipinski definition) is 2. The summed E-state index contributed by atoms with van der Waals surface area (Å²) < 4.78 is 0. The van der Waals surface area contributed by atoms with E-state index in [9.17, 15) is 9.59 Å². The standard InChI is InChI=1S/C13H19N3O2/c1-9(2)8-12(17)15-10-4-6-11(7-5-10)16-13(18)14-3/h4-7,9H,8H2,1-3H3,(H,15,17)(H2,14,16,18). The second-order valence-corrected chi connectivity index (χ2v) is 4.43. The van der Waals surface area contributed by atoms with Crippen molar-refractivity contribution < 1.29 is 9.59 Å². The molecule has 0 saturated heterocycles. The van der Waals surface area contributed by atoms with Crippen LogP contribution >= 0.6 is 0 Å². The van der Waals surface area contributed by atoms with Gasteiger partial charge < -0.3 is 16.0 Å². The van der Waals surface area contributed by atoms with Gasteiger partial charge in [0.15, 0.2) is 0 Å². The first-order valence-corrected chi connectivity index (χ1v) is 5.90. The Bertz CT molecular complexity index is 413. The Morgan fingerprint density at radius 3 is 2.00 bits per heavy atom. The normalized spacial score (nSPS) is 10.0. The summed E-state index contributed by atoms with van der Waals surface area (Å²) in [6, 6.07) is 6.71. The topological polar surface area (TPSA) is 70.2 Å². The van der Waals surface area contributed by atoms with Gasteiger partial charge in [0, 0.05) is 24.8 Å². The van der Waals surface area contributed by atoms with Crippen molar-refractivity contribution in [3.05, 3.63) is 24.3 Å². The third-order valence-electron chi connectivity index (χ3n) is 2.25. The molecule has 5 heteroatoms. The van der Waals surface area contributed by atoms with E-state index in [1.165, 1.54) is 0 Å². The zero-order valence-electron chi connectivity index (χ0n) is 10.9. The van der Waals surface area contributed by atoms with Gasteiger partial charge in [-0.1, -0.05) is 13.8 Å². The first-order chi connectivity index (χ1) is 8.51. The third-order valence-corrected chi connectivity index (χ3v) is 2.25. The van der Waals surface area contributed by atoms with E-state index in [1.807, 2.05) is 13.8 Å². The molecule has 0 aliphatic carbocycles. The van der Waals surface area contributed by atoms with Crippen LogP contribution in [0, 0.1) is 5.92 Å². The number of carbonyl (C=O) groups is 2.